The smallest absolute Gasteiger partial charge is 0.334 e. The van der Waals surface area contributed by atoms with Crippen LogP contribution in [0.4, 0.5) is 0 Å². The first-order valence-corrected chi connectivity index (χ1v) is 10.2. The van der Waals surface area contributed by atoms with Gasteiger partial charge in [-0.3, -0.25) is 9.74 Å². The maximum atomic E-state index is 12.2. The number of hydrogen-bond donors (Lipinski definition) is 1. The molecule has 154 valence electrons. The van der Waals surface area contributed by atoms with Gasteiger partial charge in [0.2, 0.25) is 0 Å². The molecule has 0 saturated carbocycles. The fourth-order valence-corrected chi connectivity index (χ4v) is 3.57. The molecule has 0 atom stereocenters. The standard InChI is InChI=1S/C24H30N2O3/c1-28-24(27)23(17-25-29-19-22-10-6-3-7-11-22)16-20-12-14-26(15-13-20)18-21-8-4-2-5-9-21/h2-11,16,20,25H,12-15,17-19H2,1H3/b23-16-. The van der Waals surface area contributed by atoms with E-state index in [0.717, 1.165) is 38.0 Å². The van der Waals surface area contributed by atoms with Crippen LogP contribution in [0.15, 0.2) is 72.3 Å². The van der Waals surface area contributed by atoms with Crippen LogP contribution in [0.3, 0.4) is 0 Å². The van der Waals surface area contributed by atoms with Gasteiger partial charge in [0.05, 0.1) is 20.3 Å². The van der Waals surface area contributed by atoms with Gasteiger partial charge < -0.3 is 4.74 Å². The Bertz CT molecular complexity index is 769. The molecule has 0 radical (unpaired) electrons. The molecule has 2 aromatic carbocycles. The highest BCUT2D eigenvalue weighted by Gasteiger charge is 2.20. The summed E-state index contributed by atoms with van der Waals surface area (Å²) in [5.41, 5.74) is 5.95. The van der Waals surface area contributed by atoms with E-state index in [1.54, 1.807) is 0 Å². The molecule has 0 aliphatic carbocycles. The van der Waals surface area contributed by atoms with E-state index >= 15 is 0 Å². The van der Waals surface area contributed by atoms with Crippen LogP contribution in [0, 0.1) is 5.92 Å². The molecule has 5 nitrogen and oxygen atoms in total. The maximum absolute atomic E-state index is 12.2. The minimum Gasteiger partial charge on any atom is -0.466 e. The van der Waals surface area contributed by atoms with Crippen molar-refractivity contribution in [2.45, 2.75) is 26.0 Å². The molecule has 0 bridgehead atoms. The van der Waals surface area contributed by atoms with Crippen LogP contribution >= 0.6 is 0 Å². The number of ether oxygens (including phenoxy) is 1. The number of carbonyl (C=O) groups is 1. The molecular weight excluding hydrogens is 364 g/mol. The van der Waals surface area contributed by atoms with E-state index in [4.69, 9.17) is 9.57 Å². The summed E-state index contributed by atoms with van der Waals surface area (Å²) >= 11 is 0. The Hall–Kier alpha value is -2.47. The van der Waals surface area contributed by atoms with Crippen molar-refractivity contribution in [3.63, 3.8) is 0 Å². The van der Waals surface area contributed by atoms with E-state index in [-0.39, 0.29) is 5.97 Å². The van der Waals surface area contributed by atoms with Gasteiger partial charge >= 0.3 is 5.97 Å². The molecule has 1 N–H and O–H groups in total. The van der Waals surface area contributed by atoms with Gasteiger partial charge in [-0.15, -0.1) is 0 Å². The van der Waals surface area contributed by atoms with E-state index in [1.165, 1.54) is 12.7 Å². The molecule has 0 unspecified atom stereocenters. The van der Waals surface area contributed by atoms with Gasteiger partial charge in [0.15, 0.2) is 0 Å². The molecule has 5 heteroatoms. The second-order valence-electron chi connectivity index (χ2n) is 7.38. The minimum absolute atomic E-state index is 0.299. The molecule has 1 aliphatic heterocycles. The van der Waals surface area contributed by atoms with Crippen molar-refractivity contribution in [3.8, 4) is 0 Å². The zero-order valence-corrected chi connectivity index (χ0v) is 17.0. The van der Waals surface area contributed by atoms with Gasteiger partial charge in [-0.2, -0.15) is 5.48 Å². The topological polar surface area (TPSA) is 50.8 Å². The third kappa shape index (κ3) is 7.13. The highest BCUT2D eigenvalue weighted by molar-refractivity contribution is 5.88. The van der Waals surface area contributed by atoms with E-state index in [1.807, 2.05) is 36.4 Å². The second-order valence-corrected chi connectivity index (χ2v) is 7.38. The first-order valence-electron chi connectivity index (χ1n) is 10.2. The number of methoxy groups -OCH3 is 1. The van der Waals surface area contributed by atoms with Crippen LogP contribution < -0.4 is 5.48 Å². The first kappa shape index (κ1) is 21.2. The lowest BCUT2D eigenvalue weighted by Crippen LogP contribution is -2.33. The molecule has 1 aliphatic rings. The molecule has 0 aromatic heterocycles. The highest BCUT2D eigenvalue weighted by atomic mass is 16.6. The highest BCUT2D eigenvalue weighted by Crippen LogP contribution is 2.21. The number of carbonyl (C=O) groups excluding carboxylic acids is 1. The zero-order valence-electron chi connectivity index (χ0n) is 17.0. The Kier molecular flexibility index (Phi) is 8.43. The predicted molar refractivity (Wildman–Crippen MR) is 114 cm³/mol. The lowest BCUT2D eigenvalue weighted by molar-refractivity contribution is -0.136. The quantitative estimate of drug-likeness (QED) is 0.304. The number of allylic oxidation sites excluding steroid dienone is 1. The second kappa shape index (κ2) is 11.5. The van der Waals surface area contributed by atoms with E-state index in [9.17, 15) is 4.79 Å². The van der Waals surface area contributed by atoms with Gasteiger partial charge in [0.1, 0.15) is 0 Å². The number of likely N-dealkylation sites (tertiary alicyclic amines) is 1. The summed E-state index contributed by atoms with van der Waals surface area (Å²) in [6, 6.07) is 20.5. The molecule has 1 saturated heterocycles. The lowest BCUT2D eigenvalue weighted by Gasteiger charge is -2.31. The molecule has 1 fully saturated rings. The van der Waals surface area contributed by atoms with Gasteiger partial charge in [-0.05, 0) is 43.0 Å². The molecular formula is C24H30N2O3. The van der Waals surface area contributed by atoms with E-state index in [0.29, 0.717) is 24.6 Å². The van der Waals surface area contributed by atoms with Gasteiger partial charge in [0.25, 0.3) is 0 Å². The fraction of sp³-hybridized carbons (Fsp3) is 0.375. The Morgan fingerprint density at radius 3 is 2.28 bits per heavy atom. The molecule has 0 spiro atoms. The summed E-state index contributed by atoms with van der Waals surface area (Å²) in [7, 11) is 1.42. The van der Waals surface area contributed by atoms with E-state index < -0.39 is 0 Å². The molecule has 29 heavy (non-hydrogen) atoms. The van der Waals surface area contributed by atoms with Crippen molar-refractivity contribution in [2.24, 2.45) is 5.92 Å². The van der Waals surface area contributed by atoms with Crippen molar-refractivity contribution in [1.82, 2.24) is 10.4 Å². The van der Waals surface area contributed by atoms with Gasteiger partial charge in [-0.25, -0.2) is 4.79 Å². The van der Waals surface area contributed by atoms with Crippen molar-refractivity contribution in [3.05, 3.63) is 83.4 Å². The number of piperidine rings is 1. The minimum atomic E-state index is -0.299. The Morgan fingerprint density at radius 2 is 1.66 bits per heavy atom. The third-order valence-corrected chi connectivity index (χ3v) is 5.21. The normalized spacial score (nSPS) is 16.0. The number of nitrogens with one attached hydrogen (secondary N) is 1. The van der Waals surface area contributed by atoms with Crippen molar-refractivity contribution in [2.75, 3.05) is 26.7 Å². The first-order chi connectivity index (χ1) is 14.2. The summed E-state index contributed by atoms with van der Waals surface area (Å²) in [5, 5.41) is 0. The van der Waals surface area contributed by atoms with Crippen LogP contribution in [0.25, 0.3) is 0 Å². The average molecular weight is 395 g/mol. The van der Waals surface area contributed by atoms with Crippen LogP contribution in [0.5, 0.6) is 0 Å². The summed E-state index contributed by atoms with van der Waals surface area (Å²) < 4.78 is 4.96. The maximum Gasteiger partial charge on any atom is 0.334 e. The Morgan fingerprint density at radius 1 is 1.03 bits per heavy atom. The molecule has 0 amide bonds. The molecule has 2 aromatic rings. The third-order valence-electron chi connectivity index (χ3n) is 5.21. The van der Waals surface area contributed by atoms with Crippen molar-refractivity contribution in [1.29, 1.82) is 0 Å². The average Bonchev–Trinajstić information content (AvgIpc) is 2.78. The van der Waals surface area contributed by atoms with Crippen molar-refractivity contribution >= 4 is 5.97 Å². The van der Waals surface area contributed by atoms with Crippen LogP contribution in [0.1, 0.15) is 24.0 Å². The van der Waals surface area contributed by atoms with E-state index in [2.05, 4.69) is 40.7 Å². The SMILES string of the molecule is COC(=O)/C(=C\C1CCN(Cc2ccccc2)CC1)CNOCc1ccccc1. The summed E-state index contributed by atoms with van der Waals surface area (Å²) in [6.07, 6.45) is 4.14. The number of benzene rings is 2. The van der Waals surface area contributed by atoms with Gasteiger partial charge in [-0.1, -0.05) is 66.7 Å². The number of hydrogen-bond acceptors (Lipinski definition) is 5. The molecule has 3 rings (SSSR count). The summed E-state index contributed by atoms with van der Waals surface area (Å²) in [4.78, 5) is 20.1. The van der Waals surface area contributed by atoms with Crippen molar-refractivity contribution < 1.29 is 14.4 Å². The van der Waals surface area contributed by atoms with Crippen LogP contribution in [-0.4, -0.2) is 37.6 Å². The number of hydroxylamine groups is 1. The lowest BCUT2D eigenvalue weighted by atomic mass is 9.94. The Balaban J connectivity index is 1.46. The predicted octanol–water partition coefficient (Wildman–Crippen LogP) is 3.72. The summed E-state index contributed by atoms with van der Waals surface area (Å²) in [5.74, 6) is 0.0829. The van der Waals surface area contributed by atoms with Gasteiger partial charge in [0, 0.05) is 12.1 Å². The summed E-state index contributed by atoms with van der Waals surface area (Å²) in [6.45, 7) is 3.83. The van der Waals surface area contributed by atoms with Crippen LogP contribution in [-0.2, 0) is 27.5 Å². The van der Waals surface area contributed by atoms with Crippen LogP contribution in [0.2, 0.25) is 0 Å². The largest absolute Gasteiger partial charge is 0.466 e. The monoisotopic (exact) mass is 394 g/mol. The zero-order chi connectivity index (χ0) is 20.3. The number of esters is 1. The molecule has 1 heterocycles. The fourth-order valence-electron chi connectivity index (χ4n) is 3.57. The number of rotatable bonds is 9. The Labute approximate surface area is 173 Å². The number of nitrogens with zero attached hydrogens (tertiary/aromatic N) is 1.